The molecular weight excluding hydrogens is 216 g/mol. The molecule has 12 heavy (non-hydrogen) atoms. The zero-order valence-electron chi connectivity index (χ0n) is 8.32. The molecule has 1 aliphatic rings. The predicted octanol–water partition coefficient (Wildman–Crippen LogP) is 3.22. The van der Waals surface area contributed by atoms with Gasteiger partial charge in [-0.1, -0.05) is 36.7 Å². The summed E-state index contributed by atoms with van der Waals surface area (Å²) < 4.78 is 5.30. The van der Waals surface area contributed by atoms with Crippen LogP contribution in [-0.4, -0.2) is 18.5 Å². The van der Waals surface area contributed by atoms with Crippen molar-refractivity contribution in [2.75, 3.05) is 18.5 Å². The van der Waals surface area contributed by atoms with Gasteiger partial charge in [0.1, 0.15) is 0 Å². The quantitative estimate of drug-likeness (QED) is 0.680. The van der Waals surface area contributed by atoms with Crippen molar-refractivity contribution >= 4 is 15.9 Å². The molecule has 1 fully saturated rings. The zero-order valence-corrected chi connectivity index (χ0v) is 9.91. The fourth-order valence-corrected chi connectivity index (χ4v) is 2.08. The summed E-state index contributed by atoms with van der Waals surface area (Å²) in [5.41, 5.74) is 0.914. The maximum absolute atomic E-state index is 5.30. The Bertz CT molecular complexity index is 144. The highest BCUT2D eigenvalue weighted by atomic mass is 79.9. The third-order valence-corrected chi connectivity index (χ3v) is 4.30. The van der Waals surface area contributed by atoms with Crippen molar-refractivity contribution in [1.82, 2.24) is 0 Å². The van der Waals surface area contributed by atoms with Crippen LogP contribution in [0.3, 0.4) is 0 Å². The summed E-state index contributed by atoms with van der Waals surface area (Å²) in [5, 5.41) is 1.09. The molecule has 1 heterocycles. The molecule has 0 aromatic heterocycles. The van der Waals surface area contributed by atoms with E-state index in [0.29, 0.717) is 10.8 Å². The normalized spacial score (nSPS) is 22.0. The molecule has 1 saturated heterocycles. The van der Waals surface area contributed by atoms with E-state index in [2.05, 4.69) is 36.7 Å². The number of alkyl halides is 1. The fourth-order valence-electron chi connectivity index (χ4n) is 1.88. The maximum atomic E-state index is 5.30. The van der Waals surface area contributed by atoms with Crippen LogP contribution in [-0.2, 0) is 4.74 Å². The van der Waals surface area contributed by atoms with Gasteiger partial charge in [-0.05, 0) is 18.3 Å². The number of hydrogen-bond donors (Lipinski definition) is 0. The van der Waals surface area contributed by atoms with Crippen LogP contribution in [0.5, 0.6) is 0 Å². The summed E-state index contributed by atoms with van der Waals surface area (Å²) in [6, 6.07) is 0. The molecule has 1 aliphatic heterocycles. The summed E-state index contributed by atoms with van der Waals surface area (Å²) in [7, 11) is 0. The third-order valence-electron chi connectivity index (χ3n) is 2.78. The molecule has 0 saturated carbocycles. The van der Waals surface area contributed by atoms with Gasteiger partial charge in [-0.2, -0.15) is 0 Å². The molecule has 0 N–H and O–H groups in total. The second-order valence-electron chi connectivity index (χ2n) is 4.82. The highest BCUT2D eigenvalue weighted by Gasteiger charge is 2.40. The Morgan fingerprint density at radius 2 is 2.00 bits per heavy atom. The summed E-state index contributed by atoms with van der Waals surface area (Å²) in [6.45, 7) is 8.85. The minimum atomic E-state index is 0.416. The number of hydrogen-bond acceptors (Lipinski definition) is 1. The Balaban J connectivity index is 2.47. The van der Waals surface area contributed by atoms with Crippen LogP contribution in [0.25, 0.3) is 0 Å². The first-order valence-corrected chi connectivity index (χ1v) is 5.79. The van der Waals surface area contributed by atoms with Crippen LogP contribution in [0.4, 0.5) is 0 Å². The monoisotopic (exact) mass is 234 g/mol. The number of ether oxygens (including phenoxy) is 1. The third kappa shape index (κ3) is 2.23. The molecule has 0 radical (unpaired) electrons. The van der Waals surface area contributed by atoms with E-state index < -0.39 is 0 Å². The maximum Gasteiger partial charge on any atom is 0.0544 e. The van der Waals surface area contributed by atoms with Crippen LogP contribution < -0.4 is 0 Å². The number of rotatable bonds is 4. The van der Waals surface area contributed by atoms with E-state index in [1.807, 2.05) is 0 Å². The van der Waals surface area contributed by atoms with Gasteiger partial charge in [0.25, 0.3) is 0 Å². The molecule has 0 amide bonds. The molecule has 1 nitrogen and oxygen atoms in total. The van der Waals surface area contributed by atoms with E-state index >= 15 is 0 Å². The Kier molecular flexibility index (Phi) is 3.21. The molecule has 0 atom stereocenters. The smallest absolute Gasteiger partial charge is 0.0544 e. The van der Waals surface area contributed by atoms with Crippen molar-refractivity contribution in [1.29, 1.82) is 0 Å². The first kappa shape index (κ1) is 10.5. The minimum absolute atomic E-state index is 0.416. The topological polar surface area (TPSA) is 9.23 Å². The lowest BCUT2D eigenvalue weighted by Crippen LogP contribution is -2.45. The Labute approximate surface area is 84.0 Å². The van der Waals surface area contributed by atoms with Gasteiger partial charge in [-0.15, -0.1) is 0 Å². The zero-order chi connectivity index (χ0) is 9.24. The molecule has 0 aromatic carbocycles. The molecule has 72 valence electrons. The Morgan fingerprint density at radius 1 is 1.42 bits per heavy atom. The first-order valence-electron chi connectivity index (χ1n) is 4.67. The summed E-state index contributed by atoms with van der Waals surface area (Å²) in [5.74, 6) is 0. The van der Waals surface area contributed by atoms with Gasteiger partial charge < -0.3 is 4.74 Å². The summed E-state index contributed by atoms with van der Waals surface area (Å²) in [4.78, 5) is 0. The van der Waals surface area contributed by atoms with Gasteiger partial charge in [0, 0.05) is 10.7 Å². The molecular formula is C10H19BrO. The van der Waals surface area contributed by atoms with Gasteiger partial charge in [-0.25, -0.2) is 0 Å². The molecule has 0 unspecified atom stereocenters. The van der Waals surface area contributed by atoms with Gasteiger partial charge >= 0.3 is 0 Å². The van der Waals surface area contributed by atoms with E-state index in [1.54, 1.807) is 0 Å². The lowest BCUT2D eigenvalue weighted by molar-refractivity contribution is -0.132. The van der Waals surface area contributed by atoms with Crippen LogP contribution in [0.2, 0.25) is 0 Å². The molecule has 0 aromatic rings. The predicted molar refractivity (Wildman–Crippen MR) is 55.7 cm³/mol. The molecule has 2 heteroatoms. The van der Waals surface area contributed by atoms with Crippen LogP contribution in [0, 0.1) is 10.8 Å². The Morgan fingerprint density at radius 3 is 2.25 bits per heavy atom. The van der Waals surface area contributed by atoms with Crippen LogP contribution in [0.1, 0.15) is 33.6 Å². The SMILES string of the molecule is CCC1(CC(C)(C)CBr)COC1. The Hall–Kier alpha value is 0.440. The summed E-state index contributed by atoms with van der Waals surface area (Å²) in [6.07, 6.45) is 2.53. The fraction of sp³-hybridized carbons (Fsp3) is 1.00. The minimum Gasteiger partial charge on any atom is -0.380 e. The van der Waals surface area contributed by atoms with Crippen molar-refractivity contribution in [3.8, 4) is 0 Å². The van der Waals surface area contributed by atoms with Crippen molar-refractivity contribution in [2.45, 2.75) is 33.6 Å². The van der Waals surface area contributed by atoms with Gasteiger partial charge in [0.05, 0.1) is 13.2 Å². The van der Waals surface area contributed by atoms with E-state index in [9.17, 15) is 0 Å². The van der Waals surface area contributed by atoms with Gasteiger partial charge in [0.2, 0.25) is 0 Å². The highest BCUT2D eigenvalue weighted by molar-refractivity contribution is 9.09. The molecule has 0 bridgehead atoms. The second-order valence-corrected chi connectivity index (χ2v) is 5.38. The largest absolute Gasteiger partial charge is 0.380 e. The lowest BCUT2D eigenvalue weighted by Gasteiger charge is -2.45. The molecule has 0 aliphatic carbocycles. The number of halogens is 1. The van der Waals surface area contributed by atoms with Crippen LogP contribution in [0.15, 0.2) is 0 Å². The van der Waals surface area contributed by atoms with Crippen molar-refractivity contribution in [3.05, 3.63) is 0 Å². The van der Waals surface area contributed by atoms with Crippen molar-refractivity contribution < 1.29 is 4.74 Å². The summed E-state index contributed by atoms with van der Waals surface area (Å²) >= 11 is 3.57. The van der Waals surface area contributed by atoms with E-state index in [1.165, 1.54) is 12.8 Å². The van der Waals surface area contributed by atoms with E-state index in [0.717, 1.165) is 18.5 Å². The van der Waals surface area contributed by atoms with E-state index in [-0.39, 0.29) is 0 Å². The van der Waals surface area contributed by atoms with Gasteiger partial charge in [0.15, 0.2) is 0 Å². The van der Waals surface area contributed by atoms with Crippen molar-refractivity contribution in [3.63, 3.8) is 0 Å². The van der Waals surface area contributed by atoms with Gasteiger partial charge in [-0.3, -0.25) is 0 Å². The standard InChI is InChI=1S/C10H19BrO/c1-4-10(7-12-8-10)5-9(2,3)6-11/h4-8H2,1-3H3. The van der Waals surface area contributed by atoms with Crippen molar-refractivity contribution in [2.24, 2.45) is 10.8 Å². The van der Waals surface area contributed by atoms with E-state index in [4.69, 9.17) is 4.74 Å². The second kappa shape index (κ2) is 3.67. The average Bonchev–Trinajstić information content (AvgIpc) is 1.97. The first-order chi connectivity index (χ1) is 5.54. The average molecular weight is 235 g/mol. The van der Waals surface area contributed by atoms with Crippen LogP contribution >= 0.6 is 15.9 Å². The molecule has 1 rings (SSSR count). The lowest BCUT2D eigenvalue weighted by atomic mass is 9.71. The molecule has 0 spiro atoms. The highest BCUT2D eigenvalue weighted by Crippen LogP contribution is 2.42.